The molecule has 0 bridgehead atoms. The molecule has 0 heterocycles. The molecule has 0 aromatic rings. The maximum Gasteiger partial charge on any atom is 0.223 e. The van der Waals surface area contributed by atoms with Gasteiger partial charge in [0.2, 0.25) is 6.04 Å². The molecule has 0 N–H and O–H groups in total. The minimum absolute atomic E-state index is 0.208. The molecule has 0 aliphatic rings. The molecule has 0 aliphatic carbocycles. The molecule has 0 radical (unpaired) electrons. The summed E-state index contributed by atoms with van der Waals surface area (Å²) in [7, 11) is 0. The minimum Gasteiger partial charge on any atom is -0.314 e. The highest BCUT2D eigenvalue weighted by molar-refractivity contribution is 4.77. The van der Waals surface area contributed by atoms with Crippen LogP contribution in [-0.2, 0) is 0 Å². The summed E-state index contributed by atoms with van der Waals surface area (Å²) in [5.74, 6) is 0.562. The highest BCUT2D eigenvalue weighted by Crippen LogP contribution is 2.09. The molecule has 1 heteroatoms. The molecule has 0 spiro atoms. The van der Waals surface area contributed by atoms with Gasteiger partial charge in [0.1, 0.15) is 0 Å². The Hall–Kier alpha value is -0.510. The van der Waals surface area contributed by atoms with Crippen molar-refractivity contribution in [2.75, 3.05) is 0 Å². The minimum atomic E-state index is 0.208. The quantitative estimate of drug-likeness (QED) is 0.482. The normalized spacial score (nSPS) is 16.8. The molecule has 0 aliphatic heterocycles. The topological polar surface area (TPSA) is 4.36 Å². The van der Waals surface area contributed by atoms with Gasteiger partial charge >= 0.3 is 0 Å². The van der Waals surface area contributed by atoms with E-state index in [0.29, 0.717) is 5.92 Å². The molecular formula is C7H13N. The zero-order chi connectivity index (χ0) is 6.57. The fourth-order valence-electron chi connectivity index (χ4n) is 0.468. The van der Waals surface area contributed by atoms with Crippen molar-refractivity contribution >= 4 is 0 Å². The Morgan fingerprint density at radius 2 is 2.00 bits per heavy atom. The van der Waals surface area contributed by atoms with Gasteiger partial charge in [-0.2, -0.15) is 0 Å². The Bertz CT molecular complexity index is 91.1. The van der Waals surface area contributed by atoms with E-state index in [0.717, 1.165) is 6.42 Å². The van der Waals surface area contributed by atoms with Crippen molar-refractivity contribution in [2.45, 2.75) is 33.2 Å². The van der Waals surface area contributed by atoms with Gasteiger partial charge in [-0.3, -0.25) is 0 Å². The highest BCUT2D eigenvalue weighted by atomic mass is 14.7. The first kappa shape index (κ1) is 7.49. The summed E-state index contributed by atoms with van der Waals surface area (Å²) >= 11 is 0. The number of rotatable bonds is 2. The van der Waals surface area contributed by atoms with Crippen molar-refractivity contribution in [3.05, 3.63) is 11.4 Å². The smallest absolute Gasteiger partial charge is 0.223 e. The zero-order valence-electron chi connectivity index (χ0n) is 5.81. The van der Waals surface area contributed by atoms with Crippen LogP contribution in [0.2, 0.25) is 0 Å². The molecule has 0 aromatic heterocycles. The molecular weight excluding hydrogens is 98.1 g/mol. The van der Waals surface area contributed by atoms with Gasteiger partial charge in [-0.1, -0.05) is 13.8 Å². The average molecular weight is 111 g/mol. The van der Waals surface area contributed by atoms with Gasteiger partial charge in [0.15, 0.2) is 0 Å². The van der Waals surface area contributed by atoms with Crippen LogP contribution in [-0.4, -0.2) is 6.04 Å². The molecule has 0 fully saturated rings. The van der Waals surface area contributed by atoms with Crippen LogP contribution in [0.15, 0.2) is 0 Å². The van der Waals surface area contributed by atoms with Crippen molar-refractivity contribution in [3.63, 3.8) is 0 Å². The summed E-state index contributed by atoms with van der Waals surface area (Å²) in [4.78, 5) is 3.41. The third-order valence-electron chi connectivity index (χ3n) is 1.67. The SMILES string of the molecule is [C-]#[N+]C(C)C(C)CC. The largest absolute Gasteiger partial charge is 0.314 e. The van der Waals surface area contributed by atoms with Crippen molar-refractivity contribution in [1.82, 2.24) is 0 Å². The molecule has 0 saturated carbocycles. The number of nitrogens with zero attached hydrogens (tertiary/aromatic N) is 1. The van der Waals surface area contributed by atoms with Crippen LogP contribution in [0.25, 0.3) is 4.85 Å². The van der Waals surface area contributed by atoms with Gasteiger partial charge in [0.05, 0.1) is 0 Å². The second kappa shape index (κ2) is 3.49. The van der Waals surface area contributed by atoms with Gasteiger partial charge in [0, 0.05) is 12.8 Å². The highest BCUT2D eigenvalue weighted by Gasteiger charge is 2.11. The van der Waals surface area contributed by atoms with Crippen molar-refractivity contribution < 1.29 is 0 Å². The standard InChI is InChI=1S/C7H13N/c1-5-6(2)7(3)8-4/h6-7H,5H2,1-3H3. The van der Waals surface area contributed by atoms with Crippen molar-refractivity contribution in [1.29, 1.82) is 0 Å². The van der Waals surface area contributed by atoms with Gasteiger partial charge < -0.3 is 4.85 Å². The second-order valence-corrected chi connectivity index (χ2v) is 2.26. The number of hydrogen-bond donors (Lipinski definition) is 0. The first-order valence-corrected chi connectivity index (χ1v) is 3.09. The zero-order valence-corrected chi connectivity index (χ0v) is 5.81. The maximum absolute atomic E-state index is 6.67. The Morgan fingerprint density at radius 1 is 1.50 bits per heavy atom. The third-order valence-corrected chi connectivity index (χ3v) is 1.67. The maximum atomic E-state index is 6.67. The van der Waals surface area contributed by atoms with Crippen molar-refractivity contribution in [2.24, 2.45) is 5.92 Å². The predicted octanol–water partition coefficient (Wildman–Crippen LogP) is 2.34. The van der Waals surface area contributed by atoms with E-state index in [1.807, 2.05) is 6.92 Å². The Labute approximate surface area is 51.5 Å². The van der Waals surface area contributed by atoms with Crippen LogP contribution in [0.3, 0.4) is 0 Å². The molecule has 8 heavy (non-hydrogen) atoms. The lowest BCUT2D eigenvalue weighted by atomic mass is 10.0. The van der Waals surface area contributed by atoms with Gasteiger partial charge in [0.25, 0.3) is 0 Å². The van der Waals surface area contributed by atoms with Crippen LogP contribution in [0, 0.1) is 12.5 Å². The fraction of sp³-hybridized carbons (Fsp3) is 0.857. The molecule has 1 nitrogen and oxygen atoms in total. The number of hydrogen-bond acceptors (Lipinski definition) is 0. The lowest BCUT2D eigenvalue weighted by Gasteiger charge is -2.04. The summed E-state index contributed by atoms with van der Waals surface area (Å²) in [5.41, 5.74) is 0. The summed E-state index contributed by atoms with van der Waals surface area (Å²) in [6.45, 7) is 12.9. The molecule has 0 aromatic carbocycles. The lowest BCUT2D eigenvalue weighted by molar-refractivity contribution is 0.515. The summed E-state index contributed by atoms with van der Waals surface area (Å²) < 4.78 is 0. The van der Waals surface area contributed by atoms with Gasteiger partial charge in [-0.05, 0) is 6.42 Å². The third kappa shape index (κ3) is 1.97. The van der Waals surface area contributed by atoms with E-state index in [2.05, 4.69) is 18.7 Å². The van der Waals surface area contributed by atoms with E-state index in [9.17, 15) is 0 Å². The summed E-state index contributed by atoms with van der Waals surface area (Å²) in [6, 6.07) is 0.208. The van der Waals surface area contributed by atoms with Crippen LogP contribution in [0.4, 0.5) is 0 Å². The van der Waals surface area contributed by atoms with Crippen LogP contribution in [0.5, 0.6) is 0 Å². The fourth-order valence-corrected chi connectivity index (χ4v) is 0.468. The van der Waals surface area contributed by atoms with Crippen molar-refractivity contribution in [3.8, 4) is 0 Å². The summed E-state index contributed by atoms with van der Waals surface area (Å²) in [5, 5.41) is 0. The first-order chi connectivity index (χ1) is 3.72. The van der Waals surface area contributed by atoms with Crippen LogP contribution >= 0.6 is 0 Å². The molecule has 46 valence electrons. The second-order valence-electron chi connectivity index (χ2n) is 2.26. The van der Waals surface area contributed by atoms with E-state index in [-0.39, 0.29) is 6.04 Å². The van der Waals surface area contributed by atoms with Crippen LogP contribution in [0.1, 0.15) is 27.2 Å². The van der Waals surface area contributed by atoms with Gasteiger partial charge in [-0.25, -0.2) is 6.57 Å². The lowest BCUT2D eigenvalue weighted by Crippen LogP contribution is -2.07. The molecule has 0 rings (SSSR count). The predicted molar refractivity (Wildman–Crippen MR) is 35.5 cm³/mol. The van der Waals surface area contributed by atoms with E-state index in [4.69, 9.17) is 6.57 Å². The van der Waals surface area contributed by atoms with E-state index < -0.39 is 0 Å². The average Bonchev–Trinajstić information content (AvgIpc) is 1.84. The van der Waals surface area contributed by atoms with E-state index in [1.165, 1.54) is 0 Å². The van der Waals surface area contributed by atoms with Gasteiger partial charge in [-0.15, -0.1) is 0 Å². The molecule has 0 amide bonds. The molecule has 0 saturated heterocycles. The van der Waals surface area contributed by atoms with E-state index >= 15 is 0 Å². The van der Waals surface area contributed by atoms with Crippen LogP contribution < -0.4 is 0 Å². The monoisotopic (exact) mass is 111 g/mol. The Morgan fingerprint density at radius 3 is 2.12 bits per heavy atom. The molecule has 2 atom stereocenters. The Balaban J connectivity index is 3.49. The Kier molecular flexibility index (Phi) is 3.26. The first-order valence-electron chi connectivity index (χ1n) is 3.09. The molecule has 2 unspecified atom stereocenters. The summed E-state index contributed by atoms with van der Waals surface area (Å²) in [6.07, 6.45) is 1.11. The van der Waals surface area contributed by atoms with E-state index in [1.54, 1.807) is 0 Å².